The van der Waals surface area contributed by atoms with E-state index in [-0.39, 0.29) is 0 Å². The van der Waals surface area contributed by atoms with Gasteiger partial charge in [0.1, 0.15) is 5.71 Å². The van der Waals surface area contributed by atoms with Gasteiger partial charge in [0.2, 0.25) is 0 Å². The number of nitrogens with one attached hydrogen (secondary N) is 1. The second-order valence-electron chi connectivity index (χ2n) is 6.07. The zero-order valence-corrected chi connectivity index (χ0v) is 13.5. The molecule has 0 amide bonds. The van der Waals surface area contributed by atoms with Crippen LogP contribution in [0, 0.1) is 0 Å². The Morgan fingerprint density at radius 1 is 0.680 bits per heavy atom. The number of hydrogen-bond donors (Lipinski definition) is 1. The number of benzene rings is 3. The Bertz CT molecular complexity index is 1100. The van der Waals surface area contributed by atoms with Crippen LogP contribution in [0.25, 0.3) is 22.0 Å². The molecule has 0 bridgehead atoms. The molecule has 0 fully saturated rings. The highest BCUT2D eigenvalue weighted by molar-refractivity contribution is 6.24. The Morgan fingerprint density at radius 2 is 1.28 bits per heavy atom. The first-order chi connectivity index (χ1) is 12.4. The molecular weight excluding hydrogens is 306 g/mol. The largest absolute Gasteiger partial charge is 0.361 e. The lowest BCUT2D eigenvalue weighted by molar-refractivity contribution is 1.25. The van der Waals surface area contributed by atoms with Gasteiger partial charge in [-0.3, -0.25) is 0 Å². The lowest BCUT2D eigenvalue weighted by atomic mass is 10.1. The van der Waals surface area contributed by atoms with Gasteiger partial charge in [0, 0.05) is 33.8 Å². The van der Waals surface area contributed by atoms with Crippen LogP contribution in [0.15, 0.2) is 89.2 Å². The van der Waals surface area contributed by atoms with Crippen LogP contribution < -0.4 is 0 Å². The molecule has 0 aliphatic heterocycles. The first kappa shape index (κ1) is 13.9. The third kappa shape index (κ3) is 2.21. The van der Waals surface area contributed by atoms with E-state index in [4.69, 9.17) is 0 Å². The summed E-state index contributed by atoms with van der Waals surface area (Å²) in [7, 11) is 0. The van der Waals surface area contributed by atoms with Crippen molar-refractivity contribution in [1.82, 2.24) is 4.98 Å². The molecule has 1 aromatic heterocycles. The highest BCUT2D eigenvalue weighted by atomic mass is 15.2. The van der Waals surface area contributed by atoms with Crippen molar-refractivity contribution in [2.75, 3.05) is 0 Å². The number of aromatic nitrogens is 1. The van der Waals surface area contributed by atoms with E-state index in [9.17, 15) is 0 Å². The normalized spacial score (nSPS) is 12.6. The Kier molecular flexibility index (Phi) is 3.10. The molecule has 0 radical (unpaired) electrons. The minimum atomic E-state index is 0.933. The first-order valence-electron chi connectivity index (χ1n) is 8.28. The lowest BCUT2D eigenvalue weighted by Gasteiger charge is -1.98. The van der Waals surface area contributed by atoms with Crippen molar-refractivity contribution >= 4 is 22.8 Å². The Labute approximate surface area is 145 Å². The molecule has 0 saturated heterocycles. The van der Waals surface area contributed by atoms with E-state index in [1.807, 2.05) is 36.7 Å². The summed E-state index contributed by atoms with van der Waals surface area (Å²) in [6, 6.07) is 24.9. The maximum atomic E-state index is 4.56. The van der Waals surface area contributed by atoms with Gasteiger partial charge < -0.3 is 4.98 Å². The van der Waals surface area contributed by atoms with Crippen molar-refractivity contribution < 1.29 is 0 Å². The SMILES string of the molecule is C(=N/N=C1c2ccccc2-c2ccccc21)/c1c[nH]c2ccccc12. The number of para-hydroxylation sites is 1. The van der Waals surface area contributed by atoms with Crippen LogP contribution in [-0.4, -0.2) is 16.9 Å². The number of aromatic amines is 1. The molecule has 0 unspecified atom stereocenters. The Hall–Kier alpha value is -3.46. The molecule has 1 aliphatic rings. The average molecular weight is 321 g/mol. The number of H-pyrrole nitrogens is 1. The molecule has 0 saturated carbocycles. The minimum Gasteiger partial charge on any atom is -0.361 e. The summed E-state index contributed by atoms with van der Waals surface area (Å²) in [5, 5.41) is 10.1. The van der Waals surface area contributed by atoms with Crippen molar-refractivity contribution in [3.8, 4) is 11.1 Å². The van der Waals surface area contributed by atoms with E-state index in [2.05, 4.69) is 63.7 Å². The van der Waals surface area contributed by atoms with Crippen molar-refractivity contribution in [1.29, 1.82) is 0 Å². The average Bonchev–Trinajstić information content (AvgIpc) is 3.22. The third-order valence-corrected chi connectivity index (χ3v) is 4.63. The second kappa shape index (κ2) is 5.56. The molecule has 1 heterocycles. The van der Waals surface area contributed by atoms with E-state index in [1.165, 1.54) is 11.1 Å². The summed E-state index contributed by atoms with van der Waals surface area (Å²) >= 11 is 0. The molecule has 5 rings (SSSR count). The van der Waals surface area contributed by atoms with E-state index in [0.717, 1.165) is 33.3 Å². The number of nitrogens with zero attached hydrogens (tertiary/aromatic N) is 2. The number of hydrogen-bond acceptors (Lipinski definition) is 2. The maximum Gasteiger partial charge on any atom is 0.101 e. The summed E-state index contributed by atoms with van der Waals surface area (Å²) in [6.07, 6.45) is 3.78. The number of rotatable bonds is 2. The van der Waals surface area contributed by atoms with Gasteiger partial charge >= 0.3 is 0 Å². The van der Waals surface area contributed by atoms with Gasteiger partial charge in [-0.1, -0.05) is 66.7 Å². The van der Waals surface area contributed by atoms with E-state index >= 15 is 0 Å². The van der Waals surface area contributed by atoms with Crippen molar-refractivity contribution in [3.63, 3.8) is 0 Å². The van der Waals surface area contributed by atoms with Crippen molar-refractivity contribution in [2.45, 2.75) is 0 Å². The molecule has 0 spiro atoms. The fourth-order valence-corrected chi connectivity index (χ4v) is 3.45. The zero-order valence-electron chi connectivity index (χ0n) is 13.5. The van der Waals surface area contributed by atoms with E-state index < -0.39 is 0 Å². The molecule has 3 aromatic carbocycles. The lowest BCUT2D eigenvalue weighted by Crippen LogP contribution is -1.97. The molecule has 1 aliphatic carbocycles. The quantitative estimate of drug-likeness (QED) is 0.350. The summed E-state index contributed by atoms with van der Waals surface area (Å²) in [6.45, 7) is 0. The van der Waals surface area contributed by atoms with Crippen LogP contribution in [0.3, 0.4) is 0 Å². The first-order valence-corrected chi connectivity index (χ1v) is 8.28. The van der Waals surface area contributed by atoms with Crippen LogP contribution in [0.4, 0.5) is 0 Å². The van der Waals surface area contributed by atoms with Crippen LogP contribution in [-0.2, 0) is 0 Å². The van der Waals surface area contributed by atoms with Crippen LogP contribution in [0.1, 0.15) is 16.7 Å². The van der Waals surface area contributed by atoms with Crippen molar-refractivity contribution in [3.05, 3.63) is 95.7 Å². The summed E-state index contributed by atoms with van der Waals surface area (Å²) in [5.41, 5.74) is 7.80. The van der Waals surface area contributed by atoms with Crippen molar-refractivity contribution in [2.24, 2.45) is 10.2 Å². The summed E-state index contributed by atoms with van der Waals surface area (Å²) in [5.74, 6) is 0. The zero-order chi connectivity index (χ0) is 16.6. The fraction of sp³-hybridized carbons (Fsp3) is 0. The van der Waals surface area contributed by atoms with Crippen LogP contribution in [0.5, 0.6) is 0 Å². The number of fused-ring (bicyclic) bond motifs is 4. The van der Waals surface area contributed by atoms with Gasteiger partial charge in [-0.25, -0.2) is 0 Å². The molecule has 0 atom stereocenters. The summed E-state index contributed by atoms with van der Waals surface area (Å²) < 4.78 is 0. The van der Waals surface area contributed by atoms with Gasteiger partial charge in [0.15, 0.2) is 0 Å². The topological polar surface area (TPSA) is 40.5 Å². The maximum absolute atomic E-state index is 4.56. The van der Waals surface area contributed by atoms with E-state index in [0.29, 0.717) is 0 Å². The monoisotopic (exact) mass is 321 g/mol. The molecule has 3 heteroatoms. The van der Waals surface area contributed by atoms with Crippen LogP contribution in [0.2, 0.25) is 0 Å². The van der Waals surface area contributed by atoms with Gasteiger partial charge in [-0.15, -0.1) is 5.10 Å². The summed E-state index contributed by atoms with van der Waals surface area (Å²) in [4.78, 5) is 3.26. The smallest absolute Gasteiger partial charge is 0.101 e. The molecule has 1 N–H and O–H groups in total. The highest BCUT2D eigenvalue weighted by Gasteiger charge is 2.23. The van der Waals surface area contributed by atoms with Gasteiger partial charge in [-0.2, -0.15) is 5.10 Å². The minimum absolute atomic E-state index is 0.933. The molecule has 3 nitrogen and oxygen atoms in total. The van der Waals surface area contributed by atoms with Gasteiger partial charge in [-0.05, 0) is 17.2 Å². The standard InChI is InChI=1S/C22H15N3/c1-3-10-19-17(8-1)18-9-2-4-11-20(18)22(19)25-24-14-15-13-23-21-12-6-5-7-16(15)21/h1-14,23H/b24-14-. The Balaban J connectivity index is 1.59. The van der Waals surface area contributed by atoms with Gasteiger partial charge in [0.05, 0.1) is 6.21 Å². The molecule has 25 heavy (non-hydrogen) atoms. The second-order valence-corrected chi connectivity index (χ2v) is 6.07. The van der Waals surface area contributed by atoms with E-state index in [1.54, 1.807) is 0 Å². The predicted octanol–water partition coefficient (Wildman–Crippen LogP) is 5.02. The van der Waals surface area contributed by atoms with Crippen LogP contribution >= 0.6 is 0 Å². The predicted molar refractivity (Wildman–Crippen MR) is 103 cm³/mol. The molecule has 118 valence electrons. The molecule has 4 aromatic rings. The highest BCUT2D eigenvalue weighted by Crippen LogP contribution is 2.36. The van der Waals surface area contributed by atoms with Gasteiger partial charge in [0.25, 0.3) is 0 Å². The molecular formula is C22H15N3. The fourth-order valence-electron chi connectivity index (χ4n) is 3.45. The third-order valence-electron chi connectivity index (χ3n) is 4.63. The Morgan fingerprint density at radius 3 is 2.00 bits per heavy atom.